The summed E-state index contributed by atoms with van der Waals surface area (Å²) in [6.07, 6.45) is 6.55. The molecule has 0 atom stereocenters. The van der Waals surface area contributed by atoms with Gasteiger partial charge in [0.05, 0.1) is 13.2 Å². The number of nitrogens with zero attached hydrogens (tertiary/aromatic N) is 3. The van der Waals surface area contributed by atoms with E-state index in [2.05, 4.69) is 64.5 Å². The molecule has 29 heavy (non-hydrogen) atoms. The molecule has 0 spiro atoms. The van der Waals surface area contributed by atoms with Crippen LogP contribution in [0, 0.1) is 0 Å². The summed E-state index contributed by atoms with van der Waals surface area (Å²) in [5.74, 6) is 1.05. The van der Waals surface area contributed by atoms with Crippen LogP contribution >= 0.6 is 0 Å². The van der Waals surface area contributed by atoms with Gasteiger partial charge in [0, 0.05) is 59.5 Å². The number of rotatable bonds is 12. The van der Waals surface area contributed by atoms with Crippen LogP contribution in [-0.2, 0) is 9.47 Å². The molecule has 0 saturated carbocycles. The van der Waals surface area contributed by atoms with E-state index in [9.17, 15) is 0 Å². The van der Waals surface area contributed by atoms with Crippen molar-refractivity contribution in [2.75, 3.05) is 72.7 Å². The first-order chi connectivity index (χ1) is 14.3. The number of hydrogen-bond donors (Lipinski definition) is 1. The fourth-order valence-corrected chi connectivity index (χ4v) is 3.22. The highest BCUT2D eigenvalue weighted by molar-refractivity contribution is 5.80. The molecule has 0 amide bonds. The first-order valence-corrected chi connectivity index (χ1v) is 10.9. The van der Waals surface area contributed by atoms with E-state index in [-0.39, 0.29) is 0 Å². The second kappa shape index (κ2) is 15.0. The van der Waals surface area contributed by atoms with Crippen molar-refractivity contribution in [2.45, 2.75) is 19.8 Å². The molecule has 1 saturated heterocycles. The molecule has 6 heteroatoms. The van der Waals surface area contributed by atoms with Crippen LogP contribution in [0.4, 0.5) is 0 Å². The summed E-state index contributed by atoms with van der Waals surface area (Å²) in [7, 11) is 1.70. The molecule has 6 nitrogen and oxygen atoms in total. The quantitative estimate of drug-likeness (QED) is 0.331. The predicted octanol–water partition coefficient (Wildman–Crippen LogP) is 2.73. The van der Waals surface area contributed by atoms with Gasteiger partial charge >= 0.3 is 0 Å². The van der Waals surface area contributed by atoms with Gasteiger partial charge < -0.3 is 19.7 Å². The Labute approximate surface area is 176 Å². The highest BCUT2D eigenvalue weighted by atomic mass is 16.5. The van der Waals surface area contributed by atoms with Crippen molar-refractivity contribution in [3.63, 3.8) is 0 Å². The van der Waals surface area contributed by atoms with Crippen molar-refractivity contribution in [3.8, 4) is 0 Å². The van der Waals surface area contributed by atoms with Crippen LogP contribution in [0.2, 0.25) is 0 Å². The van der Waals surface area contributed by atoms with Crippen LogP contribution in [0.3, 0.4) is 0 Å². The fraction of sp³-hybridized carbons (Fsp3) is 0.609. The van der Waals surface area contributed by atoms with E-state index in [1.54, 1.807) is 7.11 Å². The summed E-state index contributed by atoms with van der Waals surface area (Å²) in [6, 6.07) is 10.5. The smallest absolute Gasteiger partial charge is 0.194 e. The van der Waals surface area contributed by atoms with Gasteiger partial charge in [0.1, 0.15) is 0 Å². The third kappa shape index (κ3) is 9.92. The number of methoxy groups -OCH3 is 1. The molecule has 1 aliphatic heterocycles. The molecular formula is C23H38N4O2. The van der Waals surface area contributed by atoms with Crippen molar-refractivity contribution in [2.24, 2.45) is 4.99 Å². The topological polar surface area (TPSA) is 49.3 Å². The highest BCUT2D eigenvalue weighted by Crippen LogP contribution is 2.05. The van der Waals surface area contributed by atoms with Gasteiger partial charge in [0.25, 0.3) is 0 Å². The van der Waals surface area contributed by atoms with Gasteiger partial charge in [0.15, 0.2) is 5.96 Å². The summed E-state index contributed by atoms with van der Waals surface area (Å²) in [5.41, 5.74) is 1.26. The van der Waals surface area contributed by atoms with E-state index in [1.165, 1.54) is 5.56 Å². The largest absolute Gasteiger partial charge is 0.382 e. The molecule has 2 rings (SSSR count). The second-order valence-electron chi connectivity index (χ2n) is 7.15. The van der Waals surface area contributed by atoms with Gasteiger partial charge in [-0.1, -0.05) is 42.5 Å². The van der Waals surface area contributed by atoms with E-state index in [0.717, 1.165) is 71.2 Å². The van der Waals surface area contributed by atoms with Crippen LogP contribution in [0.25, 0.3) is 6.08 Å². The van der Waals surface area contributed by atoms with E-state index in [4.69, 9.17) is 14.5 Å². The summed E-state index contributed by atoms with van der Waals surface area (Å²) in [5, 5.41) is 3.45. The zero-order chi connectivity index (χ0) is 20.6. The fourth-order valence-electron chi connectivity index (χ4n) is 3.22. The number of unbranched alkanes of at least 4 members (excludes halogenated alkanes) is 1. The average molecular weight is 403 g/mol. The summed E-state index contributed by atoms with van der Waals surface area (Å²) < 4.78 is 10.5. The van der Waals surface area contributed by atoms with Crippen molar-refractivity contribution < 1.29 is 9.47 Å². The molecule has 0 radical (unpaired) electrons. The lowest BCUT2D eigenvalue weighted by atomic mass is 10.2. The minimum atomic E-state index is 0.663. The molecule has 1 N–H and O–H groups in total. The minimum absolute atomic E-state index is 0.663. The standard InChI is InChI=1S/C23H38N4O2/c1-3-24-23(25-13-7-8-19-29-21-20-28-2)27-17-15-26(16-18-27)14-9-12-22-10-5-4-6-11-22/h4-6,9-12H,3,7-8,13-21H2,1-2H3,(H,24,25)/b12-9+. The molecule has 0 unspecified atom stereocenters. The average Bonchev–Trinajstić information content (AvgIpc) is 2.76. The molecule has 1 aromatic rings. The Hall–Kier alpha value is -1.89. The zero-order valence-corrected chi connectivity index (χ0v) is 18.2. The van der Waals surface area contributed by atoms with Crippen molar-refractivity contribution in [1.29, 1.82) is 0 Å². The number of piperazine rings is 1. The van der Waals surface area contributed by atoms with Crippen molar-refractivity contribution in [1.82, 2.24) is 15.1 Å². The number of hydrogen-bond acceptors (Lipinski definition) is 4. The molecule has 0 aliphatic carbocycles. The number of benzene rings is 1. The monoisotopic (exact) mass is 402 g/mol. The SMILES string of the molecule is CCNC(=NCCCCOCCOC)N1CCN(C/C=C/c2ccccc2)CC1. The Balaban J connectivity index is 1.66. The Morgan fingerprint density at radius 1 is 1.07 bits per heavy atom. The van der Waals surface area contributed by atoms with Gasteiger partial charge in [0.2, 0.25) is 0 Å². The summed E-state index contributed by atoms with van der Waals surface area (Å²) in [4.78, 5) is 9.70. The third-order valence-electron chi connectivity index (χ3n) is 4.87. The minimum Gasteiger partial charge on any atom is -0.382 e. The van der Waals surface area contributed by atoms with Gasteiger partial charge in [-0.3, -0.25) is 9.89 Å². The molecule has 0 bridgehead atoms. The summed E-state index contributed by atoms with van der Waals surface area (Å²) >= 11 is 0. The maximum atomic E-state index is 5.51. The Morgan fingerprint density at radius 3 is 2.59 bits per heavy atom. The number of nitrogens with one attached hydrogen (secondary N) is 1. The van der Waals surface area contributed by atoms with Gasteiger partial charge in [-0.25, -0.2) is 0 Å². The van der Waals surface area contributed by atoms with E-state index in [1.807, 2.05) is 0 Å². The molecule has 1 fully saturated rings. The van der Waals surface area contributed by atoms with Crippen molar-refractivity contribution in [3.05, 3.63) is 42.0 Å². The van der Waals surface area contributed by atoms with Crippen LogP contribution in [0.5, 0.6) is 0 Å². The van der Waals surface area contributed by atoms with Crippen LogP contribution in [-0.4, -0.2) is 88.5 Å². The maximum Gasteiger partial charge on any atom is 0.194 e. The maximum absolute atomic E-state index is 5.51. The lowest BCUT2D eigenvalue weighted by Gasteiger charge is -2.36. The second-order valence-corrected chi connectivity index (χ2v) is 7.15. The van der Waals surface area contributed by atoms with Crippen LogP contribution in [0.15, 0.2) is 41.4 Å². The van der Waals surface area contributed by atoms with E-state index in [0.29, 0.717) is 13.2 Å². The van der Waals surface area contributed by atoms with Gasteiger partial charge in [-0.05, 0) is 25.3 Å². The Kier molecular flexibility index (Phi) is 12.1. The highest BCUT2D eigenvalue weighted by Gasteiger charge is 2.18. The zero-order valence-electron chi connectivity index (χ0n) is 18.2. The first kappa shape index (κ1) is 23.4. The number of ether oxygens (including phenoxy) is 2. The molecule has 1 heterocycles. The lowest BCUT2D eigenvalue weighted by Crippen LogP contribution is -2.52. The van der Waals surface area contributed by atoms with Crippen molar-refractivity contribution >= 4 is 12.0 Å². The first-order valence-electron chi connectivity index (χ1n) is 10.9. The Bertz CT molecular complexity index is 584. The normalized spacial score (nSPS) is 15.9. The molecular weight excluding hydrogens is 364 g/mol. The Morgan fingerprint density at radius 2 is 1.86 bits per heavy atom. The molecule has 1 aromatic carbocycles. The lowest BCUT2D eigenvalue weighted by molar-refractivity contribution is 0.0690. The van der Waals surface area contributed by atoms with E-state index >= 15 is 0 Å². The summed E-state index contributed by atoms with van der Waals surface area (Å²) in [6.45, 7) is 11.2. The third-order valence-corrected chi connectivity index (χ3v) is 4.87. The van der Waals surface area contributed by atoms with E-state index < -0.39 is 0 Å². The predicted molar refractivity (Wildman–Crippen MR) is 121 cm³/mol. The number of aliphatic imine (C=N–C) groups is 1. The molecule has 0 aromatic heterocycles. The van der Waals surface area contributed by atoms with Crippen LogP contribution < -0.4 is 5.32 Å². The van der Waals surface area contributed by atoms with Gasteiger partial charge in [-0.15, -0.1) is 0 Å². The molecule has 162 valence electrons. The van der Waals surface area contributed by atoms with Crippen LogP contribution in [0.1, 0.15) is 25.3 Å². The molecule has 1 aliphatic rings. The van der Waals surface area contributed by atoms with Gasteiger partial charge in [-0.2, -0.15) is 0 Å². The number of guanidine groups is 1.